The summed E-state index contributed by atoms with van der Waals surface area (Å²) in [6, 6.07) is 7.96. The van der Waals surface area contributed by atoms with E-state index >= 15 is 0 Å². The standard InChI is InChI=1S/C17H25N3O2S/c1-13-12-20(14-6-4-5-7-15(14)23-13)17(22)9-8-16(21)18-10-11-19(2)3/h4-7,13H,8-12H2,1-3H3,(H,18,21). The first kappa shape index (κ1) is 17.8. The third-order valence-corrected chi connectivity index (χ3v) is 4.82. The van der Waals surface area contributed by atoms with Gasteiger partial charge in [0.2, 0.25) is 11.8 Å². The number of likely N-dealkylation sites (N-methyl/N-ethyl adjacent to an activating group) is 1. The van der Waals surface area contributed by atoms with Crippen LogP contribution in [-0.4, -0.2) is 55.7 Å². The zero-order valence-electron chi connectivity index (χ0n) is 14.0. The minimum Gasteiger partial charge on any atom is -0.355 e. The Labute approximate surface area is 142 Å². The van der Waals surface area contributed by atoms with Gasteiger partial charge in [-0.2, -0.15) is 0 Å². The zero-order valence-corrected chi connectivity index (χ0v) is 14.9. The average Bonchev–Trinajstić information content (AvgIpc) is 2.51. The molecule has 1 aliphatic heterocycles. The fourth-order valence-corrected chi connectivity index (χ4v) is 3.60. The lowest BCUT2D eigenvalue weighted by atomic mass is 10.2. The fourth-order valence-electron chi connectivity index (χ4n) is 2.49. The van der Waals surface area contributed by atoms with Crippen molar-refractivity contribution in [1.29, 1.82) is 0 Å². The summed E-state index contributed by atoms with van der Waals surface area (Å²) in [5.41, 5.74) is 0.966. The molecule has 1 unspecified atom stereocenters. The van der Waals surface area contributed by atoms with Crippen LogP contribution in [0, 0.1) is 0 Å². The number of para-hydroxylation sites is 1. The molecular weight excluding hydrogens is 310 g/mol. The summed E-state index contributed by atoms with van der Waals surface area (Å²) in [6.07, 6.45) is 0.492. The number of anilines is 1. The maximum Gasteiger partial charge on any atom is 0.227 e. The fraction of sp³-hybridized carbons (Fsp3) is 0.529. The number of rotatable bonds is 6. The van der Waals surface area contributed by atoms with Crippen LogP contribution < -0.4 is 10.2 Å². The van der Waals surface area contributed by atoms with Crippen LogP contribution in [0.15, 0.2) is 29.2 Å². The summed E-state index contributed by atoms with van der Waals surface area (Å²) in [5, 5.41) is 3.21. The van der Waals surface area contributed by atoms with Gasteiger partial charge in [-0.15, -0.1) is 11.8 Å². The summed E-state index contributed by atoms with van der Waals surface area (Å²) in [6.45, 7) is 4.23. The topological polar surface area (TPSA) is 52.7 Å². The van der Waals surface area contributed by atoms with Gasteiger partial charge in [-0.05, 0) is 26.2 Å². The Morgan fingerprint density at radius 1 is 1.30 bits per heavy atom. The summed E-state index contributed by atoms with van der Waals surface area (Å²) >= 11 is 1.79. The molecule has 0 aliphatic carbocycles. The van der Waals surface area contributed by atoms with Gasteiger partial charge >= 0.3 is 0 Å². The minimum atomic E-state index is -0.0621. The molecule has 1 N–H and O–H groups in total. The van der Waals surface area contributed by atoms with E-state index in [2.05, 4.69) is 12.2 Å². The van der Waals surface area contributed by atoms with Crippen molar-refractivity contribution in [2.75, 3.05) is 38.6 Å². The van der Waals surface area contributed by atoms with Crippen molar-refractivity contribution in [1.82, 2.24) is 10.2 Å². The van der Waals surface area contributed by atoms with Crippen molar-refractivity contribution in [3.05, 3.63) is 24.3 Å². The van der Waals surface area contributed by atoms with E-state index in [1.54, 1.807) is 11.8 Å². The first-order valence-electron chi connectivity index (χ1n) is 7.95. The number of carbonyl (C=O) groups excluding carboxylic acids is 2. The molecule has 0 fully saturated rings. The van der Waals surface area contributed by atoms with Crippen molar-refractivity contribution in [3.8, 4) is 0 Å². The van der Waals surface area contributed by atoms with Gasteiger partial charge in [0.05, 0.1) is 5.69 Å². The lowest BCUT2D eigenvalue weighted by Crippen LogP contribution is -2.39. The lowest BCUT2D eigenvalue weighted by molar-refractivity contribution is -0.125. The number of carbonyl (C=O) groups is 2. The van der Waals surface area contributed by atoms with E-state index in [-0.39, 0.29) is 24.7 Å². The van der Waals surface area contributed by atoms with Crippen molar-refractivity contribution in [2.45, 2.75) is 29.9 Å². The van der Waals surface area contributed by atoms with Crippen molar-refractivity contribution in [3.63, 3.8) is 0 Å². The normalized spacial score (nSPS) is 17.0. The molecule has 1 heterocycles. The largest absolute Gasteiger partial charge is 0.355 e. The van der Waals surface area contributed by atoms with Gasteiger partial charge in [-0.3, -0.25) is 9.59 Å². The van der Waals surface area contributed by atoms with E-state index in [1.807, 2.05) is 48.2 Å². The quantitative estimate of drug-likeness (QED) is 0.864. The highest BCUT2D eigenvalue weighted by Gasteiger charge is 2.26. The molecule has 0 aromatic heterocycles. The number of benzene rings is 1. The number of nitrogens with zero attached hydrogens (tertiary/aromatic N) is 2. The summed E-state index contributed by atoms with van der Waals surface area (Å²) in [4.78, 5) is 29.3. The SMILES string of the molecule is CC1CN(C(=O)CCC(=O)NCCN(C)C)c2ccccc2S1. The van der Waals surface area contributed by atoms with E-state index in [0.717, 1.165) is 17.1 Å². The maximum absolute atomic E-state index is 12.5. The molecule has 0 bridgehead atoms. The Kier molecular flexibility index (Phi) is 6.47. The van der Waals surface area contributed by atoms with Gasteiger partial charge in [0, 0.05) is 42.6 Å². The van der Waals surface area contributed by atoms with Crippen LogP contribution in [0.4, 0.5) is 5.69 Å². The third kappa shape index (κ3) is 5.25. The summed E-state index contributed by atoms with van der Waals surface area (Å²) in [7, 11) is 3.92. The van der Waals surface area contributed by atoms with Crippen LogP contribution >= 0.6 is 11.8 Å². The summed E-state index contributed by atoms with van der Waals surface area (Å²) in [5.74, 6) is -0.0414. The second-order valence-electron chi connectivity index (χ2n) is 6.05. The zero-order chi connectivity index (χ0) is 16.8. The van der Waals surface area contributed by atoms with Gasteiger partial charge in [-0.25, -0.2) is 0 Å². The number of nitrogens with one attached hydrogen (secondary N) is 1. The second kappa shape index (κ2) is 8.36. The highest BCUT2D eigenvalue weighted by molar-refractivity contribution is 8.00. The number of fused-ring (bicyclic) bond motifs is 1. The molecule has 126 valence electrons. The minimum absolute atomic E-state index is 0.0207. The molecule has 0 saturated carbocycles. The number of thioether (sulfide) groups is 1. The van der Waals surface area contributed by atoms with Crippen LogP contribution in [0.5, 0.6) is 0 Å². The number of hydrogen-bond donors (Lipinski definition) is 1. The maximum atomic E-state index is 12.5. The molecule has 2 rings (SSSR count). The molecule has 5 nitrogen and oxygen atoms in total. The first-order chi connectivity index (χ1) is 11.0. The smallest absolute Gasteiger partial charge is 0.227 e. The molecule has 0 radical (unpaired) electrons. The van der Waals surface area contributed by atoms with E-state index in [0.29, 0.717) is 18.3 Å². The Balaban J connectivity index is 1.87. The molecule has 0 saturated heterocycles. The van der Waals surface area contributed by atoms with E-state index in [1.165, 1.54) is 0 Å². The number of hydrogen-bond acceptors (Lipinski definition) is 4. The Morgan fingerprint density at radius 2 is 2.04 bits per heavy atom. The average molecular weight is 335 g/mol. The Bertz CT molecular complexity index is 563. The Morgan fingerprint density at radius 3 is 2.78 bits per heavy atom. The van der Waals surface area contributed by atoms with Crippen LogP contribution in [0.1, 0.15) is 19.8 Å². The van der Waals surface area contributed by atoms with Gasteiger partial charge in [0.1, 0.15) is 0 Å². The molecule has 23 heavy (non-hydrogen) atoms. The van der Waals surface area contributed by atoms with Crippen LogP contribution in [-0.2, 0) is 9.59 Å². The van der Waals surface area contributed by atoms with Crippen LogP contribution in [0.25, 0.3) is 0 Å². The predicted molar refractivity (Wildman–Crippen MR) is 94.9 cm³/mol. The number of amides is 2. The second-order valence-corrected chi connectivity index (χ2v) is 7.53. The van der Waals surface area contributed by atoms with Crippen LogP contribution in [0.3, 0.4) is 0 Å². The van der Waals surface area contributed by atoms with Crippen molar-refractivity contribution < 1.29 is 9.59 Å². The Hall–Kier alpha value is -1.53. The lowest BCUT2D eigenvalue weighted by Gasteiger charge is -2.32. The van der Waals surface area contributed by atoms with E-state index in [4.69, 9.17) is 0 Å². The molecule has 1 aliphatic rings. The van der Waals surface area contributed by atoms with Crippen molar-refractivity contribution in [2.24, 2.45) is 0 Å². The molecule has 1 aromatic rings. The van der Waals surface area contributed by atoms with Crippen LogP contribution in [0.2, 0.25) is 0 Å². The molecule has 0 spiro atoms. The monoisotopic (exact) mass is 335 g/mol. The van der Waals surface area contributed by atoms with Crippen molar-refractivity contribution >= 4 is 29.3 Å². The molecule has 6 heteroatoms. The first-order valence-corrected chi connectivity index (χ1v) is 8.83. The van der Waals surface area contributed by atoms with Gasteiger partial charge < -0.3 is 15.1 Å². The highest BCUT2D eigenvalue weighted by atomic mass is 32.2. The van der Waals surface area contributed by atoms with E-state index in [9.17, 15) is 9.59 Å². The van der Waals surface area contributed by atoms with Gasteiger partial charge in [-0.1, -0.05) is 19.1 Å². The summed E-state index contributed by atoms with van der Waals surface area (Å²) < 4.78 is 0. The molecule has 2 amide bonds. The molecule has 1 aromatic carbocycles. The third-order valence-electron chi connectivity index (χ3n) is 3.67. The predicted octanol–water partition coefficient (Wildman–Crippen LogP) is 1.97. The van der Waals surface area contributed by atoms with Gasteiger partial charge in [0.25, 0.3) is 0 Å². The van der Waals surface area contributed by atoms with Gasteiger partial charge in [0.15, 0.2) is 0 Å². The molecular formula is C17H25N3O2S. The molecule has 1 atom stereocenters. The van der Waals surface area contributed by atoms with E-state index < -0.39 is 0 Å². The highest BCUT2D eigenvalue weighted by Crippen LogP contribution is 2.38.